The first-order valence-electron chi connectivity index (χ1n) is 11.0. The summed E-state index contributed by atoms with van der Waals surface area (Å²) in [7, 11) is 0. The molecule has 172 valence electrons. The predicted octanol–water partition coefficient (Wildman–Crippen LogP) is 5.18. The van der Waals surface area contributed by atoms with E-state index < -0.39 is 5.97 Å². The second kappa shape index (κ2) is 9.71. The second-order valence-corrected chi connectivity index (χ2v) is 8.05. The summed E-state index contributed by atoms with van der Waals surface area (Å²) in [6.45, 7) is 4.86. The SMILES string of the molecule is CCCc1cc(-c2cc(NCCn3c(C)cc4c(C#N)ccc(F)c43)ncn2)ccc1C(=O)O. The van der Waals surface area contributed by atoms with Crippen molar-refractivity contribution in [3.63, 3.8) is 0 Å². The highest BCUT2D eigenvalue weighted by atomic mass is 19.1. The molecule has 0 fully saturated rings. The number of anilines is 1. The molecule has 2 aromatic carbocycles. The fraction of sp³-hybridized carbons (Fsp3) is 0.231. The van der Waals surface area contributed by atoms with E-state index in [4.69, 9.17) is 0 Å². The average Bonchev–Trinajstić information content (AvgIpc) is 3.16. The fourth-order valence-electron chi connectivity index (χ4n) is 4.20. The zero-order valence-corrected chi connectivity index (χ0v) is 19.0. The van der Waals surface area contributed by atoms with Gasteiger partial charge in [0.25, 0.3) is 0 Å². The molecule has 2 aromatic heterocycles. The molecule has 4 rings (SSSR count). The van der Waals surface area contributed by atoms with Crippen LogP contribution >= 0.6 is 0 Å². The van der Waals surface area contributed by atoms with Crippen molar-refractivity contribution in [3.8, 4) is 17.3 Å². The normalized spacial score (nSPS) is 10.9. The van der Waals surface area contributed by atoms with E-state index in [2.05, 4.69) is 21.4 Å². The smallest absolute Gasteiger partial charge is 0.335 e. The summed E-state index contributed by atoms with van der Waals surface area (Å²) in [5.41, 5.74) is 4.31. The molecule has 34 heavy (non-hydrogen) atoms. The average molecular weight is 458 g/mol. The highest BCUT2D eigenvalue weighted by Crippen LogP contribution is 2.26. The molecule has 0 unspecified atom stereocenters. The maximum Gasteiger partial charge on any atom is 0.335 e. The molecule has 8 heteroatoms. The van der Waals surface area contributed by atoms with Crippen molar-refractivity contribution in [2.75, 3.05) is 11.9 Å². The van der Waals surface area contributed by atoms with E-state index >= 15 is 0 Å². The Labute approximate surface area is 196 Å². The van der Waals surface area contributed by atoms with Crippen LogP contribution in [0.2, 0.25) is 0 Å². The van der Waals surface area contributed by atoms with E-state index in [0.717, 1.165) is 23.2 Å². The molecule has 7 nitrogen and oxygen atoms in total. The number of nitrogens with zero attached hydrogens (tertiary/aromatic N) is 4. The van der Waals surface area contributed by atoms with Crippen molar-refractivity contribution in [1.29, 1.82) is 5.26 Å². The summed E-state index contributed by atoms with van der Waals surface area (Å²) < 4.78 is 16.4. The number of nitriles is 1. The third kappa shape index (κ3) is 4.46. The number of carboxylic acids is 1. The summed E-state index contributed by atoms with van der Waals surface area (Å²) in [5, 5.41) is 22.6. The van der Waals surface area contributed by atoms with Crippen LogP contribution in [0.15, 0.2) is 48.8 Å². The zero-order valence-electron chi connectivity index (χ0n) is 19.0. The number of carboxylic acid groups (broad SMARTS) is 1. The lowest BCUT2D eigenvalue weighted by Crippen LogP contribution is -2.13. The van der Waals surface area contributed by atoms with Crippen molar-refractivity contribution >= 4 is 22.7 Å². The molecule has 0 saturated carbocycles. The number of halogens is 1. The van der Waals surface area contributed by atoms with Crippen LogP contribution in [-0.2, 0) is 13.0 Å². The minimum absolute atomic E-state index is 0.305. The Kier molecular flexibility index (Phi) is 6.55. The van der Waals surface area contributed by atoms with E-state index in [1.165, 1.54) is 18.5 Å². The van der Waals surface area contributed by atoms with Crippen LogP contribution in [0.3, 0.4) is 0 Å². The van der Waals surface area contributed by atoms with E-state index in [9.17, 15) is 19.6 Å². The summed E-state index contributed by atoms with van der Waals surface area (Å²) in [4.78, 5) is 20.1. The van der Waals surface area contributed by atoms with Crippen LogP contribution < -0.4 is 5.32 Å². The first-order chi connectivity index (χ1) is 16.4. The third-order valence-corrected chi connectivity index (χ3v) is 5.80. The van der Waals surface area contributed by atoms with Crippen LogP contribution in [0.25, 0.3) is 22.2 Å². The first kappa shape index (κ1) is 22.9. The lowest BCUT2D eigenvalue weighted by Gasteiger charge is -2.12. The van der Waals surface area contributed by atoms with E-state index in [1.54, 1.807) is 18.2 Å². The van der Waals surface area contributed by atoms with Crippen LogP contribution in [0.1, 0.15) is 40.5 Å². The van der Waals surface area contributed by atoms with Crippen molar-refractivity contribution in [3.05, 3.63) is 77.0 Å². The largest absolute Gasteiger partial charge is 0.478 e. The van der Waals surface area contributed by atoms with Crippen molar-refractivity contribution in [1.82, 2.24) is 14.5 Å². The molecule has 0 aliphatic carbocycles. The van der Waals surface area contributed by atoms with Gasteiger partial charge in [-0.05, 0) is 49.2 Å². The Morgan fingerprint density at radius 2 is 2.03 bits per heavy atom. The van der Waals surface area contributed by atoms with E-state index in [1.807, 2.05) is 30.5 Å². The van der Waals surface area contributed by atoms with Gasteiger partial charge in [0.05, 0.1) is 28.4 Å². The Hall–Kier alpha value is -4.25. The van der Waals surface area contributed by atoms with Gasteiger partial charge in [-0.3, -0.25) is 0 Å². The molecule has 0 atom stereocenters. The first-order valence-corrected chi connectivity index (χ1v) is 11.0. The van der Waals surface area contributed by atoms with E-state index in [0.29, 0.717) is 53.1 Å². The molecule has 0 bridgehead atoms. The molecule has 0 aliphatic heterocycles. The lowest BCUT2D eigenvalue weighted by molar-refractivity contribution is 0.0695. The number of aromatic nitrogens is 3. The van der Waals surface area contributed by atoms with Crippen molar-refractivity contribution in [2.24, 2.45) is 0 Å². The summed E-state index contributed by atoms with van der Waals surface area (Å²) in [5.74, 6) is -0.693. The molecular weight excluding hydrogens is 433 g/mol. The Morgan fingerprint density at radius 1 is 1.21 bits per heavy atom. The summed E-state index contributed by atoms with van der Waals surface area (Å²) >= 11 is 0. The number of aromatic carboxylic acids is 1. The molecular formula is C26H24FN5O2. The van der Waals surface area contributed by atoms with Gasteiger partial charge in [0.2, 0.25) is 0 Å². The monoisotopic (exact) mass is 457 g/mol. The quantitative estimate of drug-likeness (QED) is 0.378. The van der Waals surface area contributed by atoms with Crippen molar-refractivity contribution in [2.45, 2.75) is 33.2 Å². The van der Waals surface area contributed by atoms with E-state index in [-0.39, 0.29) is 5.82 Å². The standard InChI is InChI=1S/C26H24FN5O2/c1-3-4-17-12-18(5-7-20(17)26(33)34)23-13-24(31-15-30-23)29-9-10-32-16(2)11-21-19(14-28)6-8-22(27)25(21)32/h5-8,11-13,15H,3-4,9-10H2,1-2H3,(H,33,34)(H,29,30,31). The molecule has 0 saturated heterocycles. The van der Waals surface area contributed by atoms with Gasteiger partial charge < -0.3 is 15.0 Å². The molecule has 4 aromatic rings. The van der Waals surface area contributed by atoms with Gasteiger partial charge in [-0.15, -0.1) is 0 Å². The number of hydrogen-bond acceptors (Lipinski definition) is 5. The highest BCUT2D eigenvalue weighted by molar-refractivity contribution is 5.90. The number of fused-ring (bicyclic) bond motifs is 1. The van der Waals surface area contributed by atoms with Gasteiger partial charge in [0, 0.05) is 35.8 Å². The molecule has 2 N–H and O–H groups in total. The van der Waals surface area contributed by atoms with Gasteiger partial charge in [0.1, 0.15) is 18.0 Å². The Balaban J connectivity index is 1.54. The van der Waals surface area contributed by atoms with Crippen LogP contribution in [-0.4, -0.2) is 32.2 Å². The topological polar surface area (TPSA) is 104 Å². The minimum Gasteiger partial charge on any atom is -0.478 e. The molecule has 0 spiro atoms. The second-order valence-electron chi connectivity index (χ2n) is 8.05. The van der Waals surface area contributed by atoms with Gasteiger partial charge in [-0.2, -0.15) is 5.26 Å². The molecule has 0 aliphatic rings. The summed E-state index contributed by atoms with van der Waals surface area (Å²) in [6, 6.07) is 13.8. The van der Waals surface area contributed by atoms with Gasteiger partial charge in [-0.1, -0.05) is 19.4 Å². The van der Waals surface area contributed by atoms with Crippen LogP contribution in [0, 0.1) is 24.1 Å². The Bertz CT molecular complexity index is 1420. The molecule has 0 amide bonds. The van der Waals surface area contributed by atoms with Crippen molar-refractivity contribution < 1.29 is 14.3 Å². The number of nitrogens with one attached hydrogen (secondary N) is 1. The number of carbonyl (C=O) groups is 1. The maximum absolute atomic E-state index is 14.5. The Morgan fingerprint density at radius 3 is 2.76 bits per heavy atom. The van der Waals surface area contributed by atoms with Crippen LogP contribution in [0.5, 0.6) is 0 Å². The summed E-state index contributed by atoms with van der Waals surface area (Å²) in [6.07, 6.45) is 2.96. The number of rotatable bonds is 8. The lowest BCUT2D eigenvalue weighted by atomic mass is 9.99. The van der Waals surface area contributed by atoms with Gasteiger partial charge in [-0.25, -0.2) is 19.2 Å². The zero-order chi connectivity index (χ0) is 24.2. The van der Waals surface area contributed by atoms with Crippen LogP contribution in [0.4, 0.5) is 10.2 Å². The predicted molar refractivity (Wildman–Crippen MR) is 128 cm³/mol. The maximum atomic E-state index is 14.5. The highest BCUT2D eigenvalue weighted by Gasteiger charge is 2.14. The fourth-order valence-corrected chi connectivity index (χ4v) is 4.20. The molecule has 0 radical (unpaired) electrons. The number of aryl methyl sites for hydroxylation is 2. The van der Waals surface area contributed by atoms with Gasteiger partial charge >= 0.3 is 5.97 Å². The van der Waals surface area contributed by atoms with Gasteiger partial charge in [0.15, 0.2) is 0 Å². The number of benzene rings is 2. The molecule has 2 heterocycles. The minimum atomic E-state index is -0.939. The third-order valence-electron chi connectivity index (χ3n) is 5.80. The number of hydrogen-bond donors (Lipinski definition) is 2.